The van der Waals surface area contributed by atoms with Gasteiger partial charge in [0, 0.05) is 11.4 Å². The van der Waals surface area contributed by atoms with Gasteiger partial charge in [-0.1, -0.05) is 49.0 Å². The summed E-state index contributed by atoms with van der Waals surface area (Å²) < 4.78 is 1.98. The molecule has 0 unspecified atom stereocenters. The Morgan fingerprint density at radius 3 is 2.33 bits per heavy atom. The molecule has 1 aromatic heterocycles. The molecule has 0 aliphatic rings. The Kier molecular flexibility index (Phi) is 5.96. The van der Waals surface area contributed by atoms with Gasteiger partial charge >= 0.3 is 0 Å². The van der Waals surface area contributed by atoms with E-state index in [-0.39, 0.29) is 11.7 Å². The first-order chi connectivity index (χ1) is 13.0. The van der Waals surface area contributed by atoms with Crippen LogP contribution in [0.5, 0.6) is 0 Å². The van der Waals surface area contributed by atoms with Crippen LogP contribution in [0.3, 0.4) is 0 Å². The van der Waals surface area contributed by atoms with Gasteiger partial charge in [-0.3, -0.25) is 9.36 Å². The number of carbonyl (C=O) groups excluding carboxylic acids is 1. The molecule has 1 N–H and O–H groups in total. The first-order valence-electron chi connectivity index (χ1n) is 8.99. The largest absolute Gasteiger partial charge is 0.325 e. The zero-order valence-electron chi connectivity index (χ0n) is 16.1. The van der Waals surface area contributed by atoms with E-state index in [2.05, 4.69) is 46.7 Å². The van der Waals surface area contributed by atoms with Gasteiger partial charge in [0.1, 0.15) is 5.82 Å². The molecule has 27 heavy (non-hydrogen) atoms. The van der Waals surface area contributed by atoms with Gasteiger partial charge in [0.25, 0.3) is 0 Å². The molecule has 6 heteroatoms. The van der Waals surface area contributed by atoms with Crippen LogP contribution in [-0.4, -0.2) is 26.4 Å². The average Bonchev–Trinajstić information content (AvgIpc) is 3.04. The van der Waals surface area contributed by atoms with Crippen LogP contribution in [0.1, 0.15) is 29.4 Å². The lowest BCUT2D eigenvalue weighted by atomic mass is 10.1. The molecule has 3 rings (SSSR count). The van der Waals surface area contributed by atoms with Gasteiger partial charge in [0.15, 0.2) is 5.16 Å². The number of aryl methyl sites for hydroxylation is 4. The number of benzene rings is 2. The fourth-order valence-corrected chi connectivity index (χ4v) is 3.73. The Bertz CT molecular complexity index is 927. The van der Waals surface area contributed by atoms with Crippen molar-refractivity contribution in [3.63, 3.8) is 0 Å². The summed E-state index contributed by atoms with van der Waals surface area (Å²) in [6.45, 7) is 8.04. The van der Waals surface area contributed by atoms with Gasteiger partial charge in [-0.15, -0.1) is 10.2 Å². The number of amides is 1. The second-order valence-electron chi connectivity index (χ2n) is 6.49. The third-order valence-corrected chi connectivity index (χ3v) is 5.40. The van der Waals surface area contributed by atoms with Crippen LogP contribution in [0.15, 0.2) is 47.6 Å². The molecule has 0 aliphatic carbocycles. The second-order valence-corrected chi connectivity index (χ2v) is 7.43. The molecule has 0 fully saturated rings. The maximum absolute atomic E-state index is 12.4. The summed E-state index contributed by atoms with van der Waals surface area (Å²) in [6, 6.07) is 14.3. The van der Waals surface area contributed by atoms with Crippen LogP contribution in [0, 0.1) is 20.8 Å². The molecule has 0 saturated carbocycles. The summed E-state index contributed by atoms with van der Waals surface area (Å²) in [6.07, 6.45) is 1.00. The van der Waals surface area contributed by atoms with Crippen molar-refractivity contribution in [1.82, 2.24) is 14.8 Å². The number of anilines is 1. The number of thioether (sulfide) groups is 1. The minimum Gasteiger partial charge on any atom is -0.325 e. The monoisotopic (exact) mass is 380 g/mol. The Morgan fingerprint density at radius 2 is 1.70 bits per heavy atom. The van der Waals surface area contributed by atoms with E-state index < -0.39 is 0 Å². The Hall–Kier alpha value is -2.60. The van der Waals surface area contributed by atoms with Crippen molar-refractivity contribution in [3.8, 4) is 5.69 Å². The molecule has 1 heterocycles. The van der Waals surface area contributed by atoms with Crippen LogP contribution >= 0.6 is 11.8 Å². The van der Waals surface area contributed by atoms with E-state index in [4.69, 9.17) is 0 Å². The van der Waals surface area contributed by atoms with Gasteiger partial charge in [-0.2, -0.15) is 0 Å². The second kappa shape index (κ2) is 8.39. The fourth-order valence-electron chi connectivity index (χ4n) is 2.93. The number of nitrogens with zero attached hydrogens (tertiary/aromatic N) is 3. The molecule has 3 aromatic rings. The average molecular weight is 381 g/mol. The molecule has 0 spiro atoms. The lowest BCUT2D eigenvalue weighted by molar-refractivity contribution is -0.113. The zero-order valence-corrected chi connectivity index (χ0v) is 16.9. The molecule has 0 radical (unpaired) electrons. The highest BCUT2D eigenvalue weighted by atomic mass is 32.2. The topological polar surface area (TPSA) is 59.8 Å². The molecular formula is C21H24N4OS. The SMILES string of the molecule is CCc1ccc(-n2c(C)nnc2SCC(=O)Nc2c(C)cccc2C)cc1. The number of nitrogens with one attached hydrogen (secondary N) is 1. The Morgan fingerprint density at radius 1 is 1.04 bits per heavy atom. The molecule has 5 nitrogen and oxygen atoms in total. The van der Waals surface area contributed by atoms with E-state index in [1.54, 1.807) is 0 Å². The highest BCUT2D eigenvalue weighted by Crippen LogP contribution is 2.24. The Labute approximate surface area is 164 Å². The van der Waals surface area contributed by atoms with Gasteiger partial charge in [-0.05, 0) is 56.0 Å². The van der Waals surface area contributed by atoms with Crippen LogP contribution in [0.4, 0.5) is 5.69 Å². The fraction of sp³-hybridized carbons (Fsp3) is 0.286. The van der Waals surface area contributed by atoms with Crippen LogP contribution in [0.2, 0.25) is 0 Å². The smallest absolute Gasteiger partial charge is 0.234 e. The van der Waals surface area contributed by atoms with Gasteiger partial charge in [0.2, 0.25) is 5.91 Å². The number of hydrogen-bond donors (Lipinski definition) is 1. The summed E-state index contributed by atoms with van der Waals surface area (Å²) in [5.41, 5.74) is 5.29. The van der Waals surface area contributed by atoms with Gasteiger partial charge in [-0.25, -0.2) is 0 Å². The maximum atomic E-state index is 12.4. The molecule has 140 valence electrons. The van der Waals surface area contributed by atoms with E-state index in [0.29, 0.717) is 5.16 Å². The first kappa shape index (κ1) is 19.2. The number of carbonyl (C=O) groups is 1. The number of para-hydroxylation sites is 1. The third kappa shape index (κ3) is 4.39. The molecule has 0 bridgehead atoms. The van der Waals surface area contributed by atoms with Crippen LogP contribution < -0.4 is 5.32 Å². The summed E-state index contributed by atoms with van der Waals surface area (Å²) in [5, 5.41) is 12.2. The highest BCUT2D eigenvalue weighted by molar-refractivity contribution is 7.99. The van der Waals surface area contributed by atoms with Crippen molar-refractivity contribution >= 4 is 23.4 Å². The van der Waals surface area contributed by atoms with E-state index in [0.717, 1.165) is 34.7 Å². The summed E-state index contributed by atoms with van der Waals surface area (Å²) >= 11 is 1.39. The molecule has 2 aromatic carbocycles. The summed E-state index contributed by atoms with van der Waals surface area (Å²) in [4.78, 5) is 12.4. The van der Waals surface area contributed by atoms with Gasteiger partial charge in [0.05, 0.1) is 5.75 Å². The third-order valence-electron chi connectivity index (χ3n) is 4.48. The molecular weight excluding hydrogens is 356 g/mol. The lowest BCUT2D eigenvalue weighted by Crippen LogP contribution is -2.16. The minimum atomic E-state index is -0.0501. The van der Waals surface area contributed by atoms with Crippen molar-refractivity contribution < 1.29 is 4.79 Å². The van der Waals surface area contributed by atoms with Crippen molar-refractivity contribution in [1.29, 1.82) is 0 Å². The number of hydrogen-bond acceptors (Lipinski definition) is 4. The first-order valence-corrected chi connectivity index (χ1v) is 9.98. The van der Waals surface area contributed by atoms with Crippen molar-refractivity contribution in [2.45, 2.75) is 39.3 Å². The molecule has 0 atom stereocenters. The predicted octanol–water partition coefficient (Wildman–Crippen LogP) is 4.49. The lowest BCUT2D eigenvalue weighted by Gasteiger charge is -2.12. The van der Waals surface area contributed by atoms with Crippen LogP contribution in [-0.2, 0) is 11.2 Å². The van der Waals surface area contributed by atoms with Crippen LogP contribution in [0.25, 0.3) is 5.69 Å². The maximum Gasteiger partial charge on any atom is 0.234 e. The van der Waals surface area contributed by atoms with E-state index in [1.165, 1.54) is 17.3 Å². The summed E-state index contributed by atoms with van der Waals surface area (Å²) in [7, 11) is 0. The van der Waals surface area contributed by atoms with E-state index >= 15 is 0 Å². The Balaban J connectivity index is 1.72. The molecule has 0 aliphatic heterocycles. The minimum absolute atomic E-state index is 0.0501. The predicted molar refractivity (Wildman–Crippen MR) is 111 cm³/mol. The number of rotatable bonds is 6. The van der Waals surface area contributed by atoms with E-state index in [1.807, 2.05) is 43.5 Å². The normalized spacial score (nSPS) is 10.8. The van der Waals surface area contributed by atoms with Crippen molar-refractivity contribution in [2.75, 3.05) is 11.1 Å². The highest BCUT2D eigenvalue weighted by Gasteiger charge is 2.14. The summed E-state index contributed by atoms with van der Waals surface area (Å²) in [5.74, 6) is 1.03. The standard InChI is InChI=1S/C21H24N4OS/c1-5-17-9-11-18(12-10-17)25-16(4)23-24-21(25)27-13-19(26)22-20-14(2)7-6-8-15(20)3/h6-12H,5,13H2,1-4H3,(H,22,26). The molecule has 1 amide bonds. The van der Waals surface area contributed by atoms with Crippen molar-refractivity contribution in [2.24, 2.45) is 0 Å². The van der Waals surface area contributed by atoms with Crippen molar-refractivity contribution in [3.05, 3.63) is 65.0 Å². The van der Waals surface area contributed by atoms with E-state index in [9.17, 15) is 4.79 Å². The van der Waals surface area contributed by atoms with Gasteiger partial charge < -0.3 is 5.32 Å². The molecule has 0 saturated heterocycles. The number of aromatic nitrogens is 3. The zero-order chi connectivity index (χ0) is 19.4. The quantitative estimate of drug-likeness (QED) is 0.640.